The Bertz CT molecular complexity index is 430. The number of halogens is 3. The van der Waals surface area contributed by atoms with E-state index in [0.717, 1.165) is 19.0 Å². The van der Waals surface area contributed by atoms with Crippen LogP contribution in [0.15, 0.2) is 12.1 Å². The second-order valence-electron chi connectivity index (χ2n) is 6.08. The van der Waals surface area contributed by atoms with Gasteiger partial charge in [-0.25, -0.2) is 13.2 Å². The lowest BCUT2D eigenvalue weighted by atomic mass is 9.87. The predicted molar refractivity (Wildman–Crippen MR) is 75.9 cm³/mol. The van der Waals surface area contributed by atoms with Crippen molar-refractivity contribution in [3.63, 3.8) is 0 Å². The van der Waals surface area contributed by atoms with E-state index in [-0.39, 0.29) is 17.5 Å². The summed E-state index contributed by atoms with van der Waals surface area (Å²) in [4.78, 5) is 0. The highest BCUT2D eigenvalue weighted by Gasteiger charge is 2.17. The molecule has 0 spiro atoms. The summed E-state index contributed by atoms with van der Waals surface area (Å²) in [5.41, 5.74) is 0.276. The van der Waals surface area contributed by atoms with E-state index in [0.29, 0.717) is 6.07 Å². The zero-order valence-corrected chi connectivity index (χ0v) is 12.5. The summed E-state index contributed by atoms with van der Waals surface area (Å²) in [5, 5.41) is 3.13. The smallest absolute Gasteiger partial charge is 0.161 e. The highest BCUT2D eigenvalue weighted by atomic mass is 19.2. The third-order valence-electron chi connectivity index (χ3n) is 3.47. The summed E-state index contributed by atoms with van der Waals surface area (Å²) >= 11 is 0. The van der Waals surface area contributed by atoms with E-state index in [9.17, 15) is 13.2 Å². The Balaban J connectivity index is 2.46. The minimum absolute atomic E-state index is 0.115. The van der Waals surface area contributed by atoms with Crippen LogP contribution in [0.25, 0.3) is 0 Å². The fraction of sp³-hybridized carbons (Fsp3) is 0.625. The molecule has 1 aromatic carbocycles. The normalized spacial score (nSPS) is 11.9. The Kier molecular flexibility index (Phi) is 6.53. The number of hydrogen-bond donors (Lipinski definition) is 1. The topological polar surface area (TPSA) is 12.0 Å². The molecule has 0 aliphatic rings. The van der Waals surface area contributed by atoms with Crippen molar-refractivity contribution in [3.8, 4) is 0 Å². The first-order valence-corrected chi connectivity index (χ1v) is 7.20. The molecule has 1 N–H and O–H groups in total. The van der Waals surface area contributed by atoms with Crippen molar-refractivity contribution in [1.82, 2.24) is 5.32 Å². The highest BCUT2D eigenvalue weighted by Crippen LogP contribution is 2.23. The molecule has 0 unspecified atom stereocenters. The molecule has 114 valence electrons. The SMILES string of the molecule is CCCCCC(C)(C)CNCc1cc(F)c(F)cc1F. The standard InChI is InChI=1S/C16H24F3N/c1-4-5-6-7-16(2,3)11-20-10-12-8-14(18)15(19)9-13(12)17/h8-9,20H,4-7,10-11H2,1-3H3. The molecule has 0 heterocycles. The Labute approximate surface area is 119 Å². The molecule has 0 amide bonds. The molecule has 0 aliphatic carbocycles. The molecule has 4 heteroatoms. The molecule has 0 atom stereocenters. The first-order valence-electron chi connectivity index (χ1n) is 7.20. The number of unbranched alkanes of at least 4 members (excludes halogenated alkanes) is 2. The van der Waals surface area contributed by atoms with Gasteiger partial charge in [-0.15, -0.1) is 0 Å². The van der Waals surface area contributed by atoms with Crippen LogP contribution in [0.3, 0.4) is 0 Å². The molecular formula is C16H24F3N. The van der Waals surface area contributed by atoms with Gasteiger partial charge in [-0.1, -0.05) is 40.0 Å². The van der Waals surface area contributed by atoms with Crippen molar-refractivity contribution in [3.05, 3.63) is 35.1 Å². The van der Waals surface area contributed by atoms with Crippen LogP contribution in [0.2, 0.25) is 0 Å². The molecule has 0 fully saturated rings. The Morgan fingerprint density at radius 2 is 1.65 bits per heavy atom. The van der Waals surface area contributed by atoms with E-state index in [4.69, 9.17) is 0 Å². The van der Waals surface area contributed by atoms with Crippen LogP contribution in [0.4, 0.5) is 13.2 Å². The van der Waals surface area contributed by atoms with Crippen molar-refractivity contribution >= 4 is 0 Å². The summed E-state index contributed by atoms with van der Waals surface area (Å²) in [5.74, 6) is -2.86. The molecule has 0 saturated heterocycles. The van der Waals surface area contributed by atoms with Crippen molar-refractivity contribution in [2.75, 3.05) is 6.54 Å². The number of benzene rings is 1. The maximum atomic E-state index is 13.5. The van der Waals surface area contributed by atoms with Crippen LogP contribution in [0, 0.1) is 22.9 Å². The van der Waals surface area contributed by atoms with Crippen LogP contribution >= 0.6 is 0 Å². The van der Waals surface area contributed by atoms with Crippen LogP contribution in [0.5, 0.6) is 0 Å². The summed E-state index contributed by atoms with van der Waals surface area (Å²) in [6, 6.07) is 1.51. The molecule has 0 saturated carbocycles. The fourth-order valence-electron chi connectivity index (χ4n) is 2.18. The molecule has 0 aliphatic heterocycles. The zero-order valence-electron chi connectivity index (χ0n) is 12.5. The minimum atomic E-state index is -1.15. The predicted octanol–water partition coefficient (Wildman–Crippen LogP) is 4.80. The Hall–Kier alpha value is -1.03. The van der Waals surface area contributed by atoms with Gasteiger partial charge in [-0.3, -0.25) is 0 Å². The van der Waals surface area contributed by atoms with Gasteiger partial charge in [-0.2, -0.15) is 0 Å². The van der Waals surface area contributed by atoms with Crippen LogP contribution in [-0.4, -0.2) is 6.54 Å². The third-order valence-corrected chi connectivity index (χ3v) is 3.47. The fourth-order valence-corrected chi connectivity index (χ4v) is 2.18. The second kappa shape index (κ2) is 7.67. The van der Waals surface area contributed by atoms with Gasteiger partial charge in [-0.05, 0) is 17.9 Å². The van der Waals surface area contributed by atoms with Gasteiger partial charge in [0, 0.05) is 24.7 Å². The van der Waals surface area contributed by atoms with Gasteiger partial charge in [0.25, 0.3) is 0 Å². The molecule has 1 aromatic rings. The number of rotatable bonds is 8. The molecule has 0 radical (unpaired) electrons. The van der Waals surface area contributed by atoms with E-state index in [1.807, 2.05) is 0 Å². The quantitative estimate of drug-likeness (QED) is 0.535. The van der Waals surface area contributed by atoms with Gasteiger partial charge in [0.1, 0.15) is 5.82 Å². The van der Waals surface area contributed by atoms with Gasteiger partial charge < -0.3 is 5.32 Å². The lowest BCUT2D eigenvalue weighted by molar-refractivity contribution is 0.301. The molecule has 1 nitrogen and oxygen atoms in total. The Morgan fingerprint density at radius 3 is 2.30 bits per heavy atom. The first kappa shape index (κ1) is 17.0. The molecule has 20 heavy (non-hydrogen) atoms. The summed E-state index contributed by atoms with van der Waals surface area (Å²) in [6.07, 6.45) is 4.66. The van der Waals surface area contributed by atoms with Crippen LogP contribution < -0.4 is 5.32 Å². The monoisotopic (exact) mass is 287 g/mol. The molecule has 1 rings (SSSR count). The summed E-state index contributed by atoms with van der Waals surface area (Å²) in [6.45, 7) is 7.39. The van der Waals surface area contributed by atoms with E-state index >= 15 is 0 Å². The molecule has 0 aromatic heterocycles. The first-order chi connectivity index (χ1) is 9.35. The average molecular weight is 287 g/mol. The lowest BCUT2D eigenvalue weighted by Gasteiger charge is -2.25. The highest BCUT2D eigenvalue weighted by molar-refractivity contribution is 5.19. The second-order valence-corrected chi connectivity index (χ2v) is 6.08. The number of hydrogen-bond acceptors (Lipinski definition) is 1. The minimum Gasteiger partial charge on any atom is -0.312 e. The van der Waals surface area contributed by atoms with E-state index in [2.05, 4.69) is 26.1 Å². The van der Waals surface area contributed by atoms with Gasteiger partial charge >= 0.3 is 0 Å². The van der Waals surface area contributed by atoms with E-state index in [1.54, 1.807) is 0 Å². The van der Waals surface area contributed by atoms with Crippen molar-refractivity contribution in [2.24, 2.45) is 5.41 Å². The van der Waals surface area contributed by atoms with Gasteiger partial charge in [0.05, 0.1) is 0 Å². The van der Waals surface area contributed by atoms with Gasteiger partial charge in [0.2, 0.25) is 0 Å². The van der Waals surface area contributed by atoms with E-state index < -0.39 is 17.5 Å². The summed E-state index contributed by atoms with van der Waals surface area (Å²) in [7, 11) is 0. The third kappa shape index (κ3) is 5.53. The van der Waals surface area contributed by atoms with Crippen molar-refractivity contribution in [2.45, 2.75) is 53.0 Å². The lowest BCUT2D eigenvalue weighted by Crippen LogP contribution is -2.29. The van der Waals surface area contributed by atoms with Crippen LogP contribution in [-0.2, 0) is 6.54 Å². The zero-order chi connectivity index (χ0) is 15.2. The van der Waals surface area contributed by atoms with Crippen LogP contribution in [0.1, 0.15) is 52.0 Å². The average Bonchev–Trinajstić information content (AvgIpc) is 2.35. The largest absolute Gasteiger partial charge is 0.312 e. The molecule has 0 bridgehead atoms. The summed E-state index contributed by atoms with van der Waals surface area (Å²) < 4.78 is 39.3. The van der Waals surface area contributed by atoms with E-state index in [1.165, 1.54) is 19.3 Å². The molecular weight excluding hydrogens is 263 g/mol. The maximum Gasteiger partial charge on any atom is 0.161 e. The van der Waals surface area contributed by atoms with Crippen molar-refractivity contribution in [1.29, 1.82) is 0 Å². The Morgan fingerprint density at radius 1 is 1.00 bits per heavy atom. The maximum absolute atomic E-state index is 13.5. The van der Waals surface area contributed by atoms with Gasteiger partial charge in [0.15, 0.2) is 11.6 Å². The number of nitrogens with one attached hydrogen (secondary N) is 1. The van der Waals surface area contributed by atoms with Crippen molar-refractivity contribution < 1.29 is 13.2 Å².